The van der Waals surface area contributed by atoms with Gasteiger partial charge < -0.3 is 5.11 Å². The topological polar surface area (TPSA) is 50.2 Å². The number of carboxylic acid groups (broad SMARTS) is 1. The van der Waals surface area contributed by atoms with Crippen LogP contribution in [0.1, 0.15) is 29.1 Å². The van der Waals surface area contributed by atoms with Gasteiger partial charge in [-0.05, 0) is 5.56 Å². The maximum atomic E-state index is 10.6. The summed E-state index contributed by atoms with van der Waals surface area (Å²) in [5.74, 6) is -0.627. The molecule has 0 bridgehead atoms. The number of carboxylic acids is 1. The summed E-state index contributed by atoms with van der Waals surface area (Å²) in [5, 5.41) is 11.5. The van der Waals surface area contributed by atoms with Crippen molar-refractivity contribution in [3.63, 3.8) is 0 Å². The summed E-state index contributed by atoms with van der Waals surface area (Å²) in [6, 6.07) is 10.1. The highest BCUT2D eigenvalue weighted by atomic mass is 32.1. The van der Waals surface area contributed by atoms with Gasteiger partial charge in [-0.15, -0.1) is 11.3 Å². The smallest absolute Gasteiger partial charge is 0.309 e. The summed E-state index contributed by atoms with van der Waals surface area (Å²) in [7, 11) is 0. The third-order valence-corrected chi connectivity index (χ3v) is 3.65. The fourth-order valence-corrected chi connectivity index (χ4v) is 2.54. The van der Waals surface area contributed by atoms with Gasteiger partial charge in [0.1, 0.15) is 5.01 Å². The molecule has 0 aliphatic carbocycles. The number of hydrogen-bond acceptors (Lipinski definition) is 3. The first-order valence-corrected chi connectivity index (χ1v) is 6.26. The molecule has 0 aliphatic rings. The summed E-state index contributed by atoms with van der Waals surface area (Å²) < 4.78 is 0. The predicted octanol–water partition coefficient (Wildman–Crippen LogP) is 2.92. The largest absolute Gasteiger partial charge is 0.481 e. The van der Waals surface area contributed by atoms with Crippen LogP contribution in [0.25, 0.3) is 0 Å². The number of aliphatic carboxylic acids is 1. The first-order valence-electron chi connectivity index (χ1n) is 5.38. The van der Waals surface area contributed by atoms with Gasteiger partial charge in [-0.3, -0.25) is 4.79 Å². The Bertz CT molecular complexity index is 507. The lowest BCUT2D eigenvalue weighted by atomic mass is 10.0. The Morgan fingerprint density at radius 2 is 2.12 bits per heavy atom. The van der Waals surface area contributed by atoms with E-state index in [4.69, 9.17) is 5.11 Å². The molecule has 0 radical (unpaired) electrons. The Kier molecular flexibility index (Phi) is 3.54. The zero-order valence-corrected chi connectivity index (χ0v) is 10.3. The van der Waals surface area contributed by atoms with E-state index in [0.29, 0.717) is 5.69 Å². The molecule has 1 aromatic heterocycles. The molecule has 1 heterocycles. The Morgan fingerprint density at radius 3 is 2.76 bits per heavy atom. The molecule has 0 saturated heterocycles. The Hall–Kier alpha value is -1.68. The van der Waals surface area contributed by atoms with Gasteiger partial charge in [0.2, 0.25) is 0 Å². The van der Waals surface area contributed by atoms with Crippen LogP contribution in [0.5, 0.6) is 0 Å². The minimum Gasteiger partial charge on any atom is -0.481 e. The van der Waals surface area contributed by atoms with Crippen LogP contribution in [0, 0.1) is 0 Å². The van der Waals surface area contributed by atoms with Crippen LogP contribution in [0.4, 0.5) is 0 Å². The van der Waals surface area contributed by atoms with E-state index in [1.54, 1.807) is 0 Å². The number of carbonyl (C=O) groups is 1. The zero-order valence-electron chi connectivity index (χ0n) is 9.46. The minimum atomic E-state index is -0.839. The molecule has 0 spiro atoms. The molecule has 0 saturated carbocycles. The Balaban J connectivity index is 2.17. The molecule has 17 heavy (non-hydrogen) atoms. The summed E-state index contributed by atoms with van der Waals surface area (Å²) >= 11 is 1.52. The summed E-state index contributed by atoms with van der Waals surface area (Å²) in [6.07, 6.45) is -0.00197. The van der Waals surface area contributed by atoms with Crippen molar-refractivity contribution in [2.75, 3.05) is 0 Å². The second kappa shape index (κ2) is 5.10. The van der Waals surface area contributed by atoms with Crippen molar-refractivity contribution >= 4 is 17.3 Å². The molecule has 0 fully saturated rings. The van der Waals surface area contributed by atoms with E-state index in [0.717, 1.165) is 5.01 Å². The van der Waals surface area contributed by atoms with E-state index in [1.807, 2.05) is 23.6 Å². The van der Waals surface area contributed by atoms with E-state index >= 15 is 0 Å². The number of rotatable bonds is 4. The highest BCUT2D eigenvalue weighted by Gasteiger charge is 2.13. The van der Waals surface area contributed by atoms with Gasteiger partial charge in [0.15, 0.2) is 0 Å². The summed E-state index contributed by atoms with van der Waals surface area (Å²) in [4.78, 5) is 14.9. The molecular formula is C13H13NO2S. The normalized spacial score (nSPS) is 12.3. The van der Waals surface area contributed by atoms with E-state index in [1.165, 1.54) is 16.9 Å². The quantitative estimate of drug-likeness (QED) is 0.903. The van der Waals surface area contributed by atoms with Gasteiger partial charge in [-0.2, -0.15) is 0 Å². The first-order chi connectivity index (χ1) is 8.16. The molecule has 0 aliphatic heterocycles. The molecule has 1 N–H and O–H groups in total. The molecule has 1 unspecified atom stereocenters. The maximum Gasteiger partial charge on any atom is 0.309 e. The molecule has 2 aromatic rings. The van der Waals surface area contributed by atoms with Crippen LogP contribution in [0.2, 0.25) is 0 Å². The average molecular weight is 247 g/mol. The second-order valence-corrected chi connectivity index (χ2v) is 4.77. The van der Waals surface area contributed by atoms with E-state index < -0.39 is 5.97 Å². The third kappa shape index (κ3) is 2.91. The molecule has 1 atom stereocenters. The van der Waals surface area contributed by atoms with Gasteiger partial charge in [-0.1, -0.05) is 37.3 Å². The average Bonchev–Trinajstić information content (AvgIpc) is 2.77. The third-order valence-electron chi connectivity index (χ3n) is 2.57. The fraction of sp³-hybridized carbons (Fsp3) is 0.231. The minimum absolute atomic E-state index is 0.00197. The zero-order chi connectivity index (χ0) is 12.3. The molecular weight excluding hydrogens is 234 g/mol. The van der Waals surface area contributed by atoms with Crippen molar-refractivity contribution in [3.8, 4) is 0 Å². The number of aromatic nitrogens is 1. The lowest BCUT2D eigenvalue weighted by molar-refractivity contribution is -0.136. The number of benzene rings is 1. The summed E-state index contributed by atoms with van der Waals surface area (Å²) in [5.41, 5.74) is 1.84. The van der Waals surface area contributed by atoms with Gasteiger partial charge in [0.25, 0.3) is 0 Å². The van der Waals surface area contributed by atoms with Crippen LogP contribution < -0.4 is 0 Å². The van der Waals surface area contributed by atoms with Crippen molar-refractivity contribution < 1.29 is 9.90 Å². The van der Waals surface area contributed by atoms with Crippen LogP contribution in [0.15, 0.2) is 35.7 Å². The standard InChI is InChI=1S/C13H13NO2S/c1-9(10-5-3-2-4-6-10)13-14-11(8-17-13)7-12(15)16/h2-6,8-9H,7H2,1H3,(H,15,16). The summed E-state index contributed by atoms with van der Waals surface area (Å²) in [6.45, 7) is 2.08. The highest BCUT2D eigenvalue weighted by molar-refractivity contribution is 7.09. The Morgan fingerprint density at radius 1 is 1.41 bits per heavy atom. The van der Waals surface area contributed by atoms with Crippen molar-refractivity contribution in [1.29, 1.82) is 0 Å². The van der Waals surface area contributed by atoms with Crippen LogP contribution >= 0.6 is 11.3 Å². The van der Waals surface area contributed by atoms with Crippen molar-refractivity contribution in [2.45, 2.75) is 19.3 Å². The SMILES string of the molecule is CC(c1ccccc1)c1nc(CC(=O)O)cs1. The molecule has 0 amide bonds. The lowest BCUT2D eigenvalue weighted by Gasteiger charge is -2.07. The van der Waals surface area contributed by atoms with E-state index in [2.05, 4.69) is 24.0 Å². The van der Waals surface area contributed by atoms with E-state index in [9.17, 15) is 4.79 Å². The first kappa shape index (κ1) is 11.8. The van der Waals surface area contributed by atoms with Gasteiger partial charge in [-0.25, -0.2) is 4.98 Å². The van der Waals surface area contributed by atoms with Gasteiger partial charge >= 0.3 is 5.97 Å². The number of nitrogens with zero attached hydrogens (tertiary/aromatic N) is 1. The van der Waals surface area contributed by atoms with Crippen molar-refractivity contribution in [3.05, 3.63) is 52.0 Å². The van der Waals surface area contributed by atoms with Gasteiger partial charge in [0.05, 0.1) is 12.1 Å². The molecule has 3 nitrogen and oxygen atoms in total. The van der Waals surface area contributed by atoms with Crippen LogP contribution in [-0.2, 0) is 11.2 Å². The van der Waals surface area contributed by atoms with Crippen LogP contribution in [-0.4, -0.2) is 16.1 Å². The number of thiazole rings is 1. The molecule has 4 heteroatoms. The van der Waals surface area contributed by atoms with Gasteiger partial charge in [0, 0.05) is 11.3 Å². The van der Waals surface area contributed by atoms with Crippen molar-refractivity contribution in [1.82, 2.24) is 4.98 Å². The fourth-order valence-electron chi connectivity index (χ4n) is 1.64. The number of hydrogen-bond donors (Lipinski definition) is 1. The van der Waals surface area contributed by atoms with E-state index in [-0.39, 0.29) is 12.3 Å². The Labute approximate surface area is 104 Å². The van der Waals surface area contributed by atoms with Crippen LogP contribution in [0.3, 0.4) is 0 Å². The highest BCUT2D eigenvalue weighted by Crippen LogP contribution is 2.26. The molecule has 2 rings (SSSR count). The lowest BCUT2D eigenvalue weighted by Crippen LogP contribution is -2.01. The monoisotopic (exact) mass is 247 g/mol. The predicted molar refractivity (Wildman–Crippen MR) is 67.4 cm³/mol. The van der Waals surface area contributed by atoms with Crippen molar-refractivity contribution in [2.24, 2.45) is 0 Å². The second-order valence-electron chi connectivity index (χ2n) is 3.88. The molecule has 88 valence electrons. The molecule has 1 aromatic carbocycles. The maximum absolute atomic E-state index is 10.6.